The van der Waals surface area contributed by atoms with Crippen LogP contribution in [-0.2, 0) is 0 Å². The molecule has 0 aliphatic rings. The number of carbonyl (C=O) groups excluding carboxylic acids is 1. The quantitative estimate of drug-likeness (QED) is 0.710. The van der Waals surface area contributed by atoms with Gasteiger partial charge in [0.15, 0.2) is 5.78 Å². The molecule has 2 nitrogen and oxygen atoms in total. The third-order valence-electron chi connectivity index (χ3n) is 2.32. The third-order valence-corrected chi connectivity index (χ3v) is 3.67. The van der Waals surface area contributed by atoms with Crippen molar-refractivity contribution in [1.82, 2.24) is 0 Å². The molecule has 0 spiro atoms. The van der Waals surface area contributed by atoms with E-state index in [1.54, 1.807) is 18.9 Å². The van der Waals surface area contributed by atoms with Crippen molar-refractivity contribution in [3.63, 3.8) is 0 Å². The molecule has 88 valence electrons. The average molecular weight is 238 g/mol. The molecule has 0 amide bonds. The van der Waals surface area contributed by atoms with Gasteiger partial charge in [-0.1, -0.05) is 6.92 Å². The van der Waals surface area contributed by atoms with Crippen LogP contribution >= 0.6 is 11.8 Å². The number of hydrogen-bond acceptors (Lipinski definition) is 3. The van der Waals surface area contributed by atoms with Crippen molar-refractivity contribution in [3.05, 3.63) is 29.8 Å². The van der Waals surface area contributed by atoms with Gasteiger partial charge >= 0.3 is 0 Å². The highest BCUT2D eigenvalue weighted by Gasteiger charge is 2.14. The lowest BCUT2D eigenvalue weighted by atomic mass is 10.1. The van der Waals surface area contributed by atoms with Gasteiger partial charge in [-0.3, -0.25) is 4.79 Å². The molecule has 1 atom stereocenters. The summed E-state index contributed by atoms with van der Waals surface area (Å²) in [5.41, 5.74) is 0.761. The zero-order valence-corrected chi connectivity index (χ0v) is 10.8. The molecular formula is C13H18O2S. The normalized spacial score (nSPS) is 12.2. The summed E-state index contributed by atoms with van der Waals surface area (Å²) < 4.78 is 5.06. The van der Waals surface area contributed by atoms with Gasteiger partial charge in [-0.15, -0.1) is 0 Å². The Labute approximate surface area is 101 Å². The fourth-order valence-electron chi connectivity index (χ4n) is 1.36. The largest absolute Gasteiger partial charge is 0.497 e. The van der Waals surface area contributed by atoms with E-state index in [1.165, 1.54) is 0 Å². The van der Waals surface area contributed by atoms with Gasteiger partial charge in [-0.05, 0) is 43.4 Å². The van der Waals surface area contributed by atoms with Crippen LogP contribution in [0.4, 0.5) is 0 Å². The van der Waals surface area contributed by atoms with Gasteiger partial charge in [0.2, 0.25) is 0 Å². The molecule has 0 aromatic heterocycles. The van der Waals surface area contributed by atoms with Crippen LogP contribution in [-0.4, -0.2) is 23.9 Å². The van der Waals surface area contributed by atoms with Crippen LogP contribution in [0, 0.1) is 0 Å². The number of rotatable bonds is 6. The molecule has 0 saturated heterocycles. The lowest BCUT2D eigenvalue weighted by molar-refractivity contribution is 0.0994. The molecule has 1 aromatic rings. The van der Waals surface area contributed by atoms with Gasteiger partial charge in [0.25, 0.3) is 0 Å². The van der Waals surface area contributed by atoms with Crippen molar-refractivity contribution < 1.29 is 9.53 Å². The second-order valence-corrected chi connectivity index (χ2v) is 5.05. The molecule has 0 aliphatic heterocycles. The lowest BCUT2D eigenvalue weighted by Gasteiger charge is -2.09. The Morgan fingerprint density at radius 3 is 2.50 bits per heavy atom. The molecule has 0 N–H and O–H groups in total. The van der Waals surface area contributed by atoms with Crippen LogP contribution < -0.4 is 4.74 Å². The maximum Gasteiger partial charge on any atom is 0.175 e. The van der Waals surface area contributed by atoms with E-state index >= 15 is 0 Å². The van der Waals surface area contributed by atoms with Crippen LogP contribution in [0.5, 0.6) is 5.75 Å². The molecule has 1 aromatic carbocycles. The fraction of sp³-hybridized carbons (Fsp3) is 0.462. The minimum absolute atomic E-state index is 0.0355. The highest BCUT2D eigenvalue weighted by molar-refractivity contribution is 8.00. The van der Waals surface area contributed by atoms with E-state index in [4.69, 9.17) is 4.74 Å². The predicted molar refractivity (Wildman–Crippen MR) is 69.5 cm³/mol. The fourth-order valence-corrected chi connectivity index (χ4v) is 2.24. The molecule has 0 bridgehead atoms. The summed E-state index contributed by atoms with van der Waals surface area (Å²) in [5, 5.41) is 0.0355. The zero-order chi connectivity index (χ0) is 12.0. The van der Waals surface area contributed by atoms with Crippen LogP contribution in [0.1, 0.15) is 30.6 Å². The van der Waals surface area contributed by atoms with E-state index in [9.17, 15) is 4.79 Å². The van der Waals surface area contributed by atoms with E-state index in [-0.39, 0.29) is 11.0 Å². The number of ether oxygens (including phenoxy) is 1. The van der Waals surface area contributed by atoms with E-state index in [0.29, 0.717) is 0 Å². The number of methoxy groups -OCH3 is 1. The van der Waals surface area contributed by atoms with Gasteiger partial charge in [0.05, 0.1) is 12.4 Å². The van der Waals surface area contributed by atoms with Gasteiger partial charge in [-0.25, -0.2) is 0 Å². The molecule has 0 radical (unpaired) electrons. The SMILES string of the molecule is CCCSC(C)C(=O)c1ccc(OC)cc1. The molecule has 16 heavy (non-hydrogen) atoms. The first kappa shape index (κ1) is 13.1. The standard InChI is InChI=1S/C13H18O2S/c1-4-9-16-10(2)13(14)11-5-7-12(15-3)8-6-11/h5-8,10H,4,9H2,1-3H3. The molecule has 0 aliphatic carbocycles. The van der Waals surface area contributed by atoms with Gasteiger partial charge < -0.3 is 4.74 Å². The smallest absolute Gasteiger partial charge is 0.175 e. The van der Waals surface area contributed by atoms with Crippen LogP contribution in [0.15, 0.2) is 24.3 Å². The summed E-state index contributed by atoms with van der Waals surface area (Å²) in [6, 6.07) is 7.29. The predicted octanol–water partition coefficient (Wildman–Crippen LogP) is 3.41. The van der Waals surface area contributed by atoms with E-state index in [0.717, 1.165) is 23.5 Å². The number of ketones is 1. The topological polar surface area (TPSA) is 26.3 Å². The minimum Gasteiger partial charge on any atom is -0.497 e. The number of benzene rings is 1. The second kappa shape index (κ2) is 6.59. The molecule has 0 heterocycles. The van der Waals surface area contributed by atoms with E-state index < -0.39 is 0 Å². The van der Waals surface area contributed by atoms with Crippen molar-refractivity contribution in [2.24, 2.45) is 0 Å². The molecule has 3 heteroatoms. The highest BCUT2D eigenvalue weighted by Crippen LogP contribution is 2.19. The minimum atomic E-state index is 0.0355. The Morgan fingerprint density at radius 2 is 2.00 bits per heavy atom. The number of hydrogen-bond donors (Lipinski definition) is 0. The highest BCUT2D eigenvalue weighted by atomic mass is 32.2. The number of carbonyl (C=O) groups is 1. The lowest BCUT2D eigenvalue weighted by Crippen LogP contribution is -2.13. The molecule has 0 saturated carbocycles. The van der Waals surface area contributed by atoms with Crippen molar-refractivity contribution in [1.29, 1.82) is 0 Å². The van der Waals surface area contributed by atoms with Gasteiger partial charge in [0.1, 0.15) is 5.75 Å². The zero-order valence-electron chi connectivity index (χ0n) is 10.0. The Bertz CT molecular complexity index is 332. The Hall–Kier alpha value is -0.960. The van der Waals surface area contributed by atoms with Crippen LogP contribution in [0.3, 0.4) is 0 Å². The third kappa shape index (κ3) is 3.56. The maximum absolute atomic E-state index is 12.0. The van der Waals surface area contributed by atoms with Crippen molar-refractivity contribution >= 4 is 17.5 Å². The van der Waals surface area contributed by atoms with Crippen molar-refractivity contribution in [2.75, 3.05) is 12.9 Å². The number of thioether (sulfide) groups is 1. The summed E-state index contributed by atoms with van der Waals surface area (Å²) in [6.45, 7) is 4.09. The monoisotopic (exact) mass is 238 g/mol. The second-order valence-electron chi connectivity index (χ2n) is 3.61. The van der Waals surface area contributed by atoms with Gasteiger partial charge in [-0.2, -0.15) is 11.8 Å². The summed E-state index contributed by atoms with van der Waals surface area (Å²) in [6.07, 6.45) is 1.10. The van der Waals surface area contributed by atoms with Crippen molar-refractivity contribution in [3.8, 4) is 5.75 Å². The number of Topliss-reactive ketones (excluding diaryl/α,β-unsaturated/α-hetero) is 1. The summed E-state index contributed by atoms with van der Waals surface area (Å²) in [4.78, 5) is 12.0. The van der Waals surface area contributed by atoms with E-state index in [1.807, 2.05) is 31.2 Å². The first-order valence-corrected chi connectivity index (χ1v) is 6.53. The summed E-state index contributed by atoms with van der Waals surface area (Å²) in [5.74, 6) is 2.01. The first-order valence-electron chi connectivity index (χ1n) is 5.49. The first-order chi connectivity index (χ1) is 7.69. The molecule has 0 fully saturated rings. The Balaban J connectivity index is 2.64. The molecule has 1 unspecified atom stereocenters. The Kier molecular flexibility index (Phi) is 5.39. The maximum atomic E-state index is 12.0. The van der Waals surface area contributed by atoms with Gasteiger partial charge in [0, 0.05) is 5.56 Å². The summed E-state index contributed by atoms with van der Waals surface area (Å²) >= 11 is 1.71. The van der Waals surface area contributed by atoms with Crippen LogP contribution in [0.25, 0.3) is 0 Å². The Morgan fingerprint density at radius 1 is 1.38 bits per heavy atom. The molecular weight excluding hydrogens is 220 g/mol. The summed E-state index contributed by atoms with van der Waals surface area (Å²) in [7, 11) is 1.62. The molecule has 1 rings (SSSR count). The van der Waals surface area contributed by atoms with E-state index in [2.05, 4.69) is 6.92 Å². The van der Waals surface area contributed by atoms with Crippen molar-refractivity contribution in [2.45, 2.75) is 25.5 Å². The van der Waals surface area contributed by atoms with Crippen LogP contribution in [0.2, 0.25) is 0 Å². The average Bonchev–Trinajstić information content (AvgIpc) is 2.35.